The highest BCUT2D eigenvalue weighted by Gasteiger charge is 2.36. The molecule has 0 radical (unpaired) electrons. The Morgan fingerprint density at radius 3 is 2.73 bits per heavy atom. The summed E-state index contributed by atoms with van der Waals surface area (Å²) in [6.45, 7) is 8.48. The zero-order chi connectivity index (χ0) is 28.5. The monoisotopic (exact) mass is 554 g/mol. The molecular weight excluding hydrogens is 512 g/mol. The van der Waals surface area contributed by atoms with E-state index in [1.54, 1.807) is 4.90 Å². The molecule has 3 aliphatic heterocycles. The number of amides is 1. The van der Waals surface area contributed by atoms with Gasteiger partial charge in [0.05, 0.1) is 24.2 Å². The van der Waals surface area contributed by atoms with E-state index in [2.05, 4.69) is 70.6 Å². The molecule has 2 saturated heterocycles. The summed E-state index contributed by atoms with van der Waals surface area (Å²) >= 11 is 0. The summed E-state index contributed by atoms with van der Waals surface area (Å²) < 4.78 is 0. The van der Waals surface area contributed by atoms with Crippen molar-refractivity contribution in [1.82, 2.24) is 19.8 Å². The Labute approximate surface area is 244 Å². The van der Waals surface area contributed by atoms with Gasteiger partial charge in [-0.15, -0.1) is 0 Å². The van der Waals surface area contributed by atoms with Crippen LogP contribution < -0.4 is 14.7 Å². The molecule has 216 valence electrons. The first-order valence-electron chi connectivity index (χ1n) is 15.2. The fourth-order valence-electron chi connectivity index (χ4n) is 7.26. The first-order valence-corrected chi connectivity index (χ1v) is 15.2. The number of carbonyl (C=O) groups is 1. The number of piperazine rings is 1. The number of anilines is 3. The van der Waals surface area contributed by atoms with E-state index in [0.717, 1.165) is 63.5 Å². The van der Waals surface area contributed by atoms with Gasteiger partial charge in [-0.25, -0.2) is 4.98 Å². The number of hydrogen-bond donors (Lipinski definition) is 0. The quantitative estimate of drug-likeness (QED) is 0.504. The maximum atomic E-state index is 12.6. The summed E-state index contributed by atoms with van der Waals surface area (Å²) in [6.07, 6.45) is 8.01. The topological polar surface area (TPSA) is 82.8 Å². The van der Waals surface area contributed by atoms with Crippen LogP contribution in [0.15, 0.2) is 36.9 Å². The number of likely N-dealkylation sites (N-methyl/N-ethyl adjacent to an activating group) is 1. The van der Waals surface area contributed by atoms with Gasteiger partial charge < -0.3 is 24.5 Å². The molecule has 6 rings (SSSR count). The second-order valence-electron chi connectivity index (χ2n) is 12.1. The molecule has 0 bridgehead atoms. The summed E-state index contributed by atoms with van der Waals surface area (Å²) in [5.74, 6) is 1.72. The Kier molecular flexibility index (Phi) is 7.85. The van der Waals surface area contributed by atoms with Gasteiger partial charge in [0.25, 0.3) is 0 Å². The van der Waals surface area contributed by atoms with Crippen LogP contribution in [0.4, 0.5) is 17.5 Å². The zero-order valence-electron chi connectivity index (χ0n) is 24.5. The number of aryl methyl sites for hydroxylation is 1. The Morgan fingerprint density at radius 2 is 1.95 bits per heavy atom. The highest BCUT2D eigenvalue weighted by molar-refractivity contribution is 5.87. The van der Waals surface area contributed by atoms with E-state index in [9.17, 15) is 10.1 Å². The van der Waals surface area contributed by atoms with Gasteiger partial charge in [0, 0.05) is 69.0 Å². The molecule has 3 atom stereocenters. The Hall–Kier alpha value is -3.64. The van der Waals surface area contributed by atoms with E-state index in [1.165, 1.54) is 35.0 Å². The molecule has 9 heteroatoms. The molecule has 1 aliphatic carbocycles. The van der Waals surface area contributed by atoms with E-state index in [1.807, 2.05) is 0 Å². The fourth-order valence-corrected chi connectivity index (χ4v) is 7.26. The number of nitrogens with zero attached hydrogens (tertiary/aromatic N) is 8. The lowest BCUT2D eigenvalue weighted by atomic mass is 9.88. The maximum Gasteiger partial charge on any atom is 0.246 e. The van der Waals surface area contributed by atoms with Crippen molar-refractivity contribution in [2.24, 2.45) is 0 Å². The highest BCUT2D eigenvalue weighted by Crippen LogP contribution is 2.37. The Balaban J connectivity index is 1.33. The van der Waals surface area contributed by atoms with Crippen molar-refractivity contribution in [3.05, 3.63) is 53.7 Å². The first-order chi connectivity index (χ1) is 20.0. The number of carbonyl (C=O) groups excluding carboxylic acids is 1. The predicted molar refractivity (Wildman–Crippen MR) is 162 cm³/mol. The van der Waals surface area contributed by atoms with Crippen LogP contribution in [0.2, 0.25) is 0 Å². The molecule has 0 spiro atoms. The molecule has 4 heterocycles. The van der Waals surface area contributed by atoms with Crippen LogP contribution >= 0.6 is 0 Å². The second-order valence-corrected chi connectivity index (χ2v) is 12.1. The minimum atomic E-state index is -0.181. The van der Waals surface area contributed by atoms with Gasteiger partial charge in [-0.05, 0) is 63.9 Å². The van der Waals surface area contributed by atoms with Crippen molar-refractivity contribution < 1.29 is 4.79 Å². The van der Waals surface area contributed by atoms with Crippen LogP contribution in [-0.2, 0) is 24.1 Å². The summed E-state index contributed by atoms with van der Waals surface area (Å²) in [4.78, 5) is 34.5. The van der Waals surface area contributed by atoms with Gasteiger partial charge >= 0.3 is 0 Å². The molecule has 2 unspecified atom stereocenters. The molecule has 1 aromatic heterocycles. The molecule has 0 N–H and O–H groups in total. The van der Waals surface area contributed by atoms with Gasteiger partial charge in [-0.1, -0.05) is 24.8 Å². The van der Waals surface area contributed by atoms with E-state index in [0.29, 0.717) is 38.1 Å². The van der Waals surface area contributed by atoms with Crippen LogP contribution in [0.1, 0.15) is 42.5 Å². The number of rotatable bonds is 6. The molecular formula is C32H42N8O. The smallest absolute Gasteiger partial charge is 0.246 e. The average Bonchev–Trinajstić information content (AvgIpc) is 3.51. The van der Waals surface area contributed by atoms with Crippen molar-refractivity contribution in [2.45, 2.75) is 63.1 Å². The Morgan fingerprint density at radius 1 is 1.10 bits per heavy atom. The average molecular weight is 555 g/mol. The van der Waals surface area contributed by atoms with Crippen LogP contribution in [-0.4, -0.2) is 97.2 Å². The number of benzene rings is 1. The minimum Gasteiger partial charge on any atom is -0.368 e. The third-order valence-electron chi connectivity index (χ3n) is 9.55. The number of para-hydroxylation sites is 1. The summed E-state index contributed by atoms with van der Waals surface area (Å²) in [5.41, 5.74) is 5.25. The van der Waals surface area contributed by atoms with Gasteiger partial charge in [-0.2, -0.15) is 10.2 Å². The van der Waals surface area contributed by atoms with Crippen molar-refractivity contribution in [3.63, 3.8) is 0 Å². The van der Waals surface area contributed by atoms with Crippen molar-refractivity contribution in [2.75, 3.05) is 68.1 Å². The minimum absolute atomic E-state index is 0.105. The SMILES string of the molecule is C=CC(=O)N1CCN(c2nc(N3CCC(N(C)C)C3)nc3c2CCC(N2CCCc4ccccc42)C3)C[C@@H]1CC#N. The van der Waals surface area contributed by atoms with E-state index in [4.69, 9.17) is 9.97 Å². The number of fused-ring (bicyclic) bond motifs is 2. The third kappa shape index (κ3) is 5.38. The Bertz CT molecular complexity index is 1340. The second kappa shape index (κ2) is 11.7. The highest BCUT2D eigenvalue weighted by atomic mass is 16.2. The summed E-state index contributed by atoms with van der Waals surface area (Å²) in [6, 6.07) is 11.9. The molecule has 0 saturated carbocycles. The van der Waals surface area contributed by atoms with E-state index >= 15 is 0 Å². The third-order valence-corrected chi connectivity index (χ3v) is 9.55. The normalized spacial score (nSPS) is 24.2. The van der Waals surface area contributed by atoms with Crippen LogP contribution in [0.25, 0.3) is 0 Å². The maximum absolute atomic E-state index is 12.6. The van der Waals surface area contributed by atoms with Crippen LogP contribution in [0, 0.1) is 11.3 Å². The predicted octanol–water partition coefficient (Wildman–Crippen LogP) is 3.04. The molecule has 2 aromatic rings. The van der Waals surface area contributed by atoms with Crippen molar-refractivity contribution >= 4 is 23.4 Å². The lowest BCUT2D eigenvalue weighted by Crippen LogP contribution is -2.55. The van der Waals surface area contributed by atoms with Gasteiger partial charge in [-0.3, -0.25) is 4.79 Å². The van der Waals surface area contributed by atoms with Gasteiger partial charge in [0.2, 0.25) is 11.9 Å². The van der Waals surface area contributed by atoms with Gasteiger partial charge in [0.1, 0.15) is 5.82 Å². The number of hydrogen-bond acceptors (Lipinski definition) is 8. The summed E-state index contributed by atoms with van der Waals surface area (Å²) in [7, 11) is 4.29. The standard InChI is InChI=1S/C32H42N8O/c1-4-30(41)40-19-18-37(22-26(40)13-15-33)31-27-12-11-24(39-16-7-9-23-8-5-6-10-29(23)39)20-28(27)34-32(35-31)38-17-14-25(21-38)36(2)3/h4-6,8,10,24-26H,1,7,9,11-14,16-22H2,2-3H3/t24?,25?,26-/m0/s1. The molecule has 1 aromatic carbocycles. The van der Waals surface area contributed by atoms with Crippen molar-refractivity contribution in [1.29, 1.82) is 5.26 Å². The zero-order valence-corrected chi connectivity index (χ0v) is 24.5. The first kappa shape index (κ1) is 27.5. The molecule has 41 heavy (non-hydrogen) atoms. The number of nitriles is 1. The van der Waals surface area contributed by atoms with Crippen LogP contribution in [0.5, 0.6) is 0 Å². The molecule has 9 nitrogen and oxygen atoms in total. The van der Waals surface area contributed by atoms with Gasteiger partial charge in [0.15, 0.2) is 0 Å². The van der Waals surface area contributed by atoms with Crippen LogP contribution in [0.3, 0.4) is 0 Å². The lowest BCUT2D eigenvalue weighted by molar-refractivity contribution is -0.128. The van der Waals surface area contributed by atoms with E-state index in [-0.39, 0.29) is 11.9 Å². The van der Waals surface area contributed by atoms with E-state index < -0.39 is 0 Å². The lowest BCUT2D eigenvalue weighted by Gasteiger charge is -2.43. The molecule has 1 amide bonds. The molecule has 2 fully saturated rings. The fraction of sp³-hybridized carbons (Fsp3) is 0.562. The molecule has 4 aliphatic rings. The van der Waals surface area contributed by atoms with Crippen molar-refractivity contribution in [3.8, 4) is 6.07 Å². The summed E-state index contributed by atoms with van der Waals surface area (Å²) in [5, 5.41) is 9.55. The largest absolute Gasteiger partial charge is 0.368 e. The number of aromatic nitrogens is 2.